The minimum Gasteiger partial charge on any atom is -0.333 e. The Bertz CT molecular complexity index is 828. The van der Waals surface area contributed by atoms with Gasteiger partial charge in [0.05, 0.1) is 12.3 Å². The van der Waals surface area contributed by atoms with E-state index in [1.54, 1.807) is 5.01 Å². The van der Waals surface area contributed by atoms with Crippen molar-refractivity contribution in [3.63, 3.8) is 0 Å². The molecule has 0 spiro atoms. The van der Waals surface area contributed by atoms with Gasteiger partial charge in [0.2, 0.25) is 0 Å². The van der Waals surface area contributed by atoms with Gasteiger partial charge in [-0.2, -0.15) is 5.10 Å². The molecule has 2 saturated carbocycles. The predicted octanol–water partition coefficient (Wildman–Crippen LogP) is 6.19. The minimum absolute atomic E-state index is 0.0206. The third-order valence-electron chi connectivity index (χ3n) is 9.01. The van der Waals surface area contributed by atoms with Crippen LogP contribution >= 0.6 is 0 Å². The van der Waals surface area contributed by atoms with Crippen LogP contribution in [0.15, 0.2) is 35.4 Å². The van der Waals surface area contributed by atoms with E-state index >= 15 is 0 Å². The van der Waals surface area contributed by atoms with Crippen molar-refractivity contribution in [2.45, 2.75) is 85.6 Å². The number of benzene rings is 1. The molecule has 2 fully saturated rings. The maximum absolute atomic E-state index is 13.3. The molecular formula is C26H39N3O. The number of urea groups is 1. The molecule has 164 valence electrons. The average Bonchev–Trinajstić information content (AvgIpc) is 3.30. The number of rotatable bonds is 5. The fraction of sp³-hybridized carbons (Fsp3) is 0.692. The number of fused-ring (bicyclic) bond motifs is 2. The number of hydrogen-bond donors (Lipinski definition) is 1. The molecule has 4 nitrogen and oxygen atoms in total. The number of nitrogens with zero attached hydrogens (tertiary/aromatic N) is 2. The van der Waals surface area contributed by atoms with E-state index in [0.29, 0.717) is 17.9 Å². The molecule has 1 unspecified atom stereocenters. The minimum atomic E-state index is -0.0231. The number of hydrazone groups is 1. The van der Waals surface area contributed by atoms with Crippen molar-refractivity contribution in [3.05, 3.63) is 35.9 Å². The van der Waals surface area contributed by atoms with Crippen LogP contribution in [0.5, 0.6) is 0 Å². The Morgan fingerprint density at radius 2 is 1.93 bits per heavy atom. The van der Waals surface area contributed by atoms with Crippen LogP contribution < -0.4 is 5.32 Å². The Balaban J connectivity index is 1.56. The van der Waals surface area contributed by atoms with Gasteiger partial charge in [-0.25, -0.2) is 9.80 Å². The zero-order valence-electron chi connectivity index (χ0n) is 19.7. The normalized spacial score (nSPS) is 32.4. The Morgan fingerprint density at radius 1 is 1.23 bits per heavy atom. The average molecular weight is 410 g/mol. The third kappa shape index (κ3) is 3.27. The highest BCUT2D eigenvalue weighted by atomic mass is 16.2. The molecule has 2 amide bonds. The van der Waals surface area contributed by atoms with Gasteiger partial charge in [0.15, 0.2) is 0 Å². The van der Waals surface area contributed by atoms with E-state index in [4.69, 9.17) is 5.10 Å². The second kappa shape index (κ2) is 7.39. The van der Waals surface area contributed by atoms with Gasteiger partial charge >= 0.3 is 6.03 Å². The first-order valence-corrected chi connectivity index (χ1v) is 11.8. The summed E-state index contributed by atoms with van der Waals surface area (Å²) in [5.41, 5.74) is 2.85. The van der Waals surface area contributed by atoms with Gasteiger partial charge in [0.25, 0.3) is 0 Å². The standard InChI is InChI=1S/C26H39N3O/c1-7-14-24(2,3)22-20(18-11-9-8-10-12-18)17-29(28-22)23(30)27-21-16-19-13-15-26(21,6)25(19,4)5/h8-12,19-21H,7,13-17H2,1-6H3,(H,27,30)/t19-,20?,21-,26-/m0/s1. The Morgan fingerprint density at radius 3 is 2.50 bits per heavy atom. The molecule has 4 rings (SSSR count). The van der Waals surface area contributed by atoms with Crippen LogP contribution in [0.25, 0.3) is 0 Å². The van der Waals surface area contributed by atoms with Crippen LogP contribution in [-0.4, -0.2) is 29.3 Å². The van der Waals surface area contributed by atoms with Crippen molar-refractivity contribution in [1.29, 1.82) is 0 Å². The van der Waals surface area contributed by atoms with E-state index in [0.717, 1.165) is 25.0 Å². The van der Waals surface area contributed by atoms with Crippen LogP contribution in [-0.2, 0) is 0 Å². The summed E-state index contributed by atoms with van der Waals surface area (Å²) in [4.78, 5) is 13.3. The molecule has 1 N–H and O–H groups in total. The SMILES string of the molecule is CCCC(C)(C)C1=NN(C(=O)N[C@H]2C[C@@H]3CC[C@]2(C)C3(C)C)CC1c1ccccc1. The molecular weight excluding hydrogens is 370 g/mol. The molecule has 4 heteroatoms. The van der Waals surface area contributed by atoms with Crippen LogP contribution in [0.2, 0.25) is 0 Å². The lowest BCUT2D eigenvalue weighted by atomic mass is 9.69. The van der Waals surface area contributed by atoms with E-state index < -0.39 is 0 Å². The molecule has 0 saturated heterocycles. The summed E-state index contributed by atoms with van der Waals surface area (Å²) >= 11 is 0. The number of amides is 2. The predicted molar refractivity (Wildman–Crippen MR) is 124 cm³/mol. The molecule has 4 atom stereocenters. The summed E-state index contributed by atoms with van der Waals surface area (Å²) < 4.78 is 0. The maximum atomic E-state index is 13.3. The van der Waals surface area contributed by atoms with E-state index in [1.165, 1.54) is 18.4 Å². The molecule has 1 heterocycles. The van der Waals surface area contributed by atoms with E-state index in [-0.39, 0.29) is 28.8 Å². The van der Waals surface area contributed by atoms with E-state index in [2.05, 4.69) is 77.2 Å². The van der Waals surface area contributed by atoms with Crippen LogP contribution in [0.1, 0.15) is 85.1 Å². The lowest BCUT2D eigenvalue weighted by Gasteiger charge is -2.39. The highest BCUT2D eigenvalue weighted by molar-refractivity contribution is 5.98. The summed E-state index contributed by atoms with van der Waals surface area (Å²) in [7, 11) is 0. The molecule has 1 aromatic carbocycles. The topological polar surface area (TPSA) is 44.7 Å². The zero-order valence-corrected chi connectivity index (χ0v) is 19.7. The van der Waals surface area contributed by atoms with Gasteiger partial charge in [-0.05, 0) is 48.0 Å². The smallest absolute Gasteiger partial charge is 0.333 e. The van der Waals surface area contributed by atoms with E-state index in [9.17, 15) is 4.79 Å². The van der Waals surface area contributed by atoms with Gasteiger partial charge in [-0.3, -0.25) is 0 Å². The second-order valence-electron chi connectivity index (χ2n) is 11.3. The molecule has 30 heavy (non-hydrogen) atoms. The monoisotopic (exact) mass is 409 g/mol. The highest BCUT2D eigenvalue weighted by Crippen LogP contribution is 2.65. The zero-order chi connectivity index (χ0) is 21.7. The molecule has 1 aromatic rings. The number of carbonyl (C=O) groups is 1. The third-order valence-corrected chi connectivity index (χ3v) is 9.01. The van der Waals surface area contributed by atoms with Gasteiger partial charge in [0, 0.05) is 17.4 Å². The maximum Gasteiger partial charge on any atom is 0.338 e. The lowest BCUT2D eigenvalue weighted by Crippen LogP contribution is -2.50. The first-order chi connectivity index (χ1) is 14.1. The van der Waals surface area contributed by atoms with Crippen molar-refractivity contribution in [1.82, 2.24) is 10.3 Å². The summed E-state index contributed by atoms with van der Waals surface area (Å²) in [6.07, 6.45) is 5.78. The van der Waals surface area contributed by atoms with Crippen LogP contribution in [0.3, 0.4) is 0 Å². The van der Waals surface area contributed by atoms with Crippen molar-refractivity contribution in [2.75, 3.05) is 6.54 Å². The lowest BCUT2D eigenvalue weighted by molar-refractivity contribution is 0.118. The van der Waals surface area contributed by atoms with E-state index in [1.807, 2.05) is 0 Å². The summed E-state index contributed by atoms with van der Waals surface area (Å²) in [6.45, 7) is 14.5. The quantitative estimate of drug-likeness (QED) is 0.619. The number of hydrogen-bond acceptors (Lipinski definition) is 2. The largest absolute Gasteiger partial charge is 0.338 e. The first kappa shape index (κ1) is 21.4. The van der Waals surface area contributed by atoms with Gasteiger partial charge in [-0.15, -0.1) is 0 Å². The Hall–Kier alpha value is -1.84. The summed E-state index contributed by atoms with van der Waals surface area (Å²) in [6, 6.07) is 10.8. The fourth-order valence-electron chi connectivity index (χ4n) is 6.58. The van der Waals surface area contributed by atoms with Crippen molar-refractivity contribution < 1.29 is 4.79 Å². The van der Waals surface area contributed by atoms with Gasteiger partial charge in [-0.1, -0.05) is 78.3 Å². The fourth-order valence-corrected chi connectivity index (χ4v) is 6.58. The Labute approximate surface area is 182 Å². The van der Waals surface area contributed by atoms with Crippen molar-refractivity contribution in [3.8, 4) is 0 Å². The highest BCUT2D eigenvalue weighted by Gasteiger charge is 2.61. The van der Waals surface area contributed by atoms with Crippen molar-refractivity contribution in [2.24, 2.45) is 27.3 Å². The van der Waals surface area contributed by atoms with Gasteiger partial charge < -0.3 is 5.32 Å². The molecule has 2 aliphatic carbocycles. The van der Waals surface area contributed by atoms with Crippen LogP contribution in [0, 0.1) is 22.2 Å². The number of carbonyl (C=O) groups excluding carboxylic acids is 1. The molecule has 1 aliphatic heterocycles. The molecule has 3 aliphatic rings. The summed E-state index contributed by atoms with van der Waals surface area (Å²) in [5, 5.41) is 10.1. The van der Waals surface area contributed by atoms with Gasteiger partial charge in [0.1, 0.15) is 0 Å². The van der Waals surface area contributed by atoms with Crippen LogP contribution in [0.4, 0.5) is 4.79 Å². The van der Waals surface area contributed by atoms with Crippen molar-refractivity contribution >= 4 is 11.7 Å². The first-order valence-electron chi connectivity index (χ1n) is 11.8. The second-order valence-corrected chi connectivity index (χ2v) is 11.3. The molecule has 0 aromatic heterocycles. The molecule has 0 radical (unpaired) electrons. The number of nitrogens with one attached hydrogen (secondary N) is 1. The molecule has 2 bridgehead atoms. The summed E-state index contributed by atoms with van der Waals surface area (Å²) in [5.74, 6) is 0.886. The Kier molecular flexibility index (Phi) is 5.27.